The minimum absolute atomic E-state index is 0.153. The molecule has 0 saturated carbocycles. The van der Waals surface area contributed by atoms with E-state index in [1.807, 2.05) is 31.2 Å². The number of allylic oxidation sites excluding steroid dienone is 9. The summed E-state index contributed by atoms with van der Waals surface area (Å²) in [4.78, 5) is 11.2. The minimum atomic E-state index is -0.656. The van der Waals surface area contributed by atoms with E-state index in [-0.39, 0.29) is 11.7 Å². The maximum atomic E-state index is 16.2. The first-order valence-electron chi connectivity index (χ1n) is 12.5. The van der Waals surface area contributed by atoms with Crippen LogP contribution in [0.3, 0.4) is 0 Å². The summed E-state index contributed by atoms with van der Waals surface area (Å²) in [6, 6.07) is 0.153. The van der Waals surface area contributed by atoms with Crippen molar-refractivity contribution in [2.45, 2.75) is 26.3 Å². The molecule has 4 rings (SSSR count). The lowest BCUT2D eigenvalue weighted by Gasteiger charge is -2.31. The minimum Gasteiger partial charge on any atom is -0.386 e. The highest BCUT2D eigenvalue weighted by molar-refractivity contribution is 6.02. The number of rotatable bonds is 7. The van der Waals surface area contributed by atoms with Crippen LogP contribution in [-0.2, 0) is 0 Å². The molecule has 3 heterocycles. The molecular formula is C29H36F2N6. The molecule has 4 N–H and O–H groups in total. The number of hydrogen-bond donors (Lipinski definition) is 4. The van der Waals surface area contributed by atoms with E-state index in [0.717, 1.165) is 54.3 Å². The molecule has 1 unspecified atom stereocenters. The summed E-state index contributed by atoms with van der Waals surface area (Å²) in [6.45, 7) is 13.9. The third-order valence-electron chi connectivity index (χ3n) is 6.83. The first-order chi connectivity index (χ1) is 17.7. The van der Waals surface area contributed by atoms with E-state index in [1.54, 1.807) is 13.2 Å². The molecule has 8 heteroatoms. The number of aromatic nitrogens is 2. The zero-order valence-electron chi connectivity index (χ0n) is 22.0. The number of halogens is 2. The van der Waals surface area contributed by atoms with Gasteiger partial charge in [-0.2, -0.15) is 0 Å². The fourth-order valence-corrected chi connectivity index (χ4v) is 5.14. The van der Waals surface area contributed by atoms with Crippen LogP contribution < -0.4 is 15.5 Å². The first kappa shape index (κ1) is 26.3. The average Bonchev–Trinajstić information content (AvgIpc) is 3.30. The average molecular weight is 507 g/mol. The van der Waals surface area contributed by atoms with Crippen LogP contribution in [0.15, 0.2) is 72.9 Å². The fourth-order valence-electron chi connectivity index (χ4n) is 5.14. The highest BCUT2D eigenvalue weighted by Gasteiger charge is 2.30. The largest absolute Gasteiger partial charge is 0.386 e. The Hall–Kier alpha value is -3.78. The molecule has 2 aliphatic rings. The molecule has 0 amide bonds. The van der Waals surface area contributed by atoms with Crippen molar-refractivity contribution in [3.8, 4) is 0 Å². The van der Waals surface area contributed by atoms with Gasteiger partial charge in [0.2, 0.25) is 0 Å². The molecule has 0 spiro atoms. The summed E-state index contributed by atoms with van der Waals surface area (Å²) in [6.07, 6.45) is 13.8. The predicted octanol–water partition coefficient (Wildman–Crippen LogP) is 5.73. The molecule has 0 bridgehead atoms. The van der Waals surface area contributed by atoms with Crippen LogP contribution in [0, 0.1) is 5.82 Å². The lowest BCUT2D eigenvalue weighted by atomic mass is 10.0. The molecule has 1 aliphatic heterocycles. The van der Waals surface area contributed by atoms with E-state index in [1.165, 1.54) is 6.08 Å². The van der Waals surface area contributed by atoms with Crippen molar-refractivity contribution >= 4 is 28.0 Å². The summed E-state index contributed by atoms with van der Waals surface area (Å²) >= 11 is 0. The van der Waals surface area contributed by atoms with Crippen molar-refractivity contribution in [2.75, 3.05) is 38.6 Å². The third kappa shape index (κ3) is 5.34. The summed E-state index contributed by atoms with van der Waals surface area (Å²) in [7, 11) is 3.75. The number of anilines is 1. The van der Waals surface area contributed by atoms with Crippen LogP contribution in [0.1, 0.15) is 31.7 Å². The molecule has 1 atom stereocenters. The van der Waals surface area contributed by atoms with E-state index in [4.69, 9.17) is 0 Å². The summed E-state index contributed by atoms with van der Waals surface area (Å²) in [5, 5.41) is 6.53. The van der Waals surface area contributed by atoms with Crippen molar-refractivity contribution in [1.82, 2.24) is 25.5 Å². The van der Waals surface area contributed by atoms with Crippen molar-refractivity contribution in [1.29, 1.82) is 0 Å². The van der Waals surface area contributed by atoms with E-state index < -0.39 is 11.6 Å². The van der Waals surface area contributed by atoms with Gasteiger partial charge in [-0.3, -0.25) is 0 Å². The van der Waals surface area contributed by atoms with Crippen LogP contribution in [0.2, 0.25) is 0 Å². The number of fused-ring (bicyclic) bond motifs is 1. The van der Waals surface area contributed by atoms with Crippen molar-refractivity contribution in [2.24, 2.45) is 0 Å². The van der Waals surface area contributed by atoms with Gasteiger partial charge in [-0.1, -0.05) is 31.4 Å². The van der Waals surface area contributed by atoms with Gasteiger partial charge in [-0.05, 0) is 63.9 Å². The summed E-state index contributed by atoms with van der Waals surface area (Å²) in [5.74, 6) is -1.09. The second kappa shape index (κ2) is 11.1. The molecule has 1 aliphatic carbocycles. The zero-order chi connectivity index (χ0) is 26.7. The van der Waals surface area contributed by atoms with Crippen LogP contribution in [0.4, 0.5) is 14.5 Å². The normalized spacial score (nSPS) is 24.6. The summed E-state index contributed by atoms with van der Waals surface area (Å²) < 4.78 is 29.8. The van der Waals surface area contributed by atoms with Crippen LogP contribution in [-0.4, -0.2) is 54.6 Å². The van der Waals surface area contributed by atoms with E-state index in [9.17, 15) is 4.39 Å². The predicted molar refractivity (Wildman–Crippen MR) is 151 cm³/mol. The first-order valence-corrected chi connectivity index (χ1v) is 12.5. The second-order valence-corrected chi connectivity index (χ2v) is 9.59. The topological polar surface area (TPSA) is 62.1 Å². The number of H-pyrrole nitrogens is 2. The van der Waals surface area contributed by atoms with E-state index in [0.29, 0.717) is 16.7 Å². The lowest BCUT2D eigenvalue weighted by molar-refractivity contribution is 0.337. The Morgan fingerprint density at radius 1 is 1.22 bits per heavy atom. The van der Waals surface area contributed by atoms with Gasteiger partial charge in [0.1, 0.15) is 17.2 Å². The monoisotopic (exact) mass is 506 g/mol. The van der Waals surface area contributed by atoms with Crippen LogP contribution >= 0.6 is 0 Å². The standard InChI is InChI=1S/C29H36F2N6/c1-7-33-22-12-9-8-11-21(15-18(22)2)26-28(37-14-10-13-36(6)17-20(37)4)24-25(31)27(35-29(24)34-26)23(32-5)16-19(3)30/h7-9,11-12,15-16,20,32-35H,1,3,10,13-14,17H2,2,4-6H3/b9-8+,11-8?,12-9?,18-15-,21-11+,21-15?,22-12-,22-18?,23-16+. The molecule has 0 radical (unpaired) electrons. The van der Waals surface area contributed by atoms with Gasteiger partial charge in [0.05, 0.1) is 22.5 Å². The number of nitrogens with zero attached hydrogens (tertiary/aromatic N) is 2. The van der Waals surface area contributed by atoms with Crippen molar-refractivity contribution < 1.29 is 8.78 Å². The number of hydrogen-bond acceptors (Lipinski definition) is 4. The van der Waals surface area contributed by atoms with Gasteiger partial charge in [0.15, 0.2) is 5.82 Å². The number of nitrogens with one attached hydrogen (secondary N) is 4. The van der Waals surface area contributed by atoms with Crippen LogP contribution in [0.25, 0.3) is 22.3 Å². The Labute approximate surface area is 217 Å². The van der Waals surface area contributed by atoms with Crippen molar-refractivity contribution in [3.05, 3.63) is 90.1 Å². The number of aromatic amines is 2. The molecule has 37 heavy (non-hydrogen) atoms. The molecule has 196 valence electrons. The second-order valence-electron chi connectivity index (χ2n) is 9.59. The van der Waals surface area contributed by atoms with Gasteiger partial charge < -0.3 is 30.4 Å². The van der Waals surface area contributed by atoms with E-state index in [2.05, 4.69) is 63.6 Å². The van der Waals surface area contributed by atoms with Gasteiger partial charge in [0.25, 0.3) is 0 Å². The smallest absolute Gasteiger partial charge is 0.161 e. The maximum Gasteiger partial charge on any atom is 0.161 e. The molecule has 6 nitrogen and oxygen atoms in total. The Kier molecular flexibility index (Phi) is 7.88. The molecule has 1 fully saturated rings. The molecule has 2 aromatic heterocycles. The van der Waals surface area contributed by atoms with Gasteiger partial charge in [0, 0.05) is 37.4 Å². The van der Waals surface area contributed by atoms with Crippen LogP contribution in [0.5, 0.6) is 0 Å². The third-order valence-corrected chi connectivity index (χ3v) is 6.83. The quantitative estimate of drug-likeness (QED) is 0.363. The van der Waals surface area contributed by atoms with Crippen molar-refractivity contribution in [3.63, 3.8) is 0 Å². The maximum absolute atomic E-state index is 16.2. The molecule has 2 aromatic rings. The highest BCUT2D eigenvalue weighted by atomic mass is 19.1. The molecule has 1 saturated heterocycles. The van der Waals surface area contributed by atoms with E-state index >= 15 is 4.39 Å². The van der Waals surface area contributed by atoms with Gasteiger partial charge in [-0.25, -0.2) is 8.78 Å². The molecular weight excluding hydrogens is 470 g/mol. The fraction of sp³-hybridized carbons (Fsp3) is 0.310. The Morgan fingerprint density at radius 2 is 1.97 bits per heavy atom. The van der Waals surface area contributed by atoms with Gasteiger partial charge >= 0.3 is 0 Å². The molecule has 0 aromatic carbocycles. The number of likely N-dealkylation sites (N-methyl/N-ethyl adjacent to an activating group) is 1. The lowest BCUT2D eigenvalue weighted by Crippen LogP contribution is -2.38. The zero-order valence-corrected chi connectivity index (χ0v) is 22.0. The SMILES string of the molecule is C=CNC1=C\C=C\C=C(c2[nH]c3[nH]c(/C(=C\C(=C)F)NC)c(F)c3c2N2CCCN(C)CC2C)/C=C\1C. The highest BCUT2D eigenvalue weighted by Crippen LogP contribution is 2.41. The van der Waals surface area contributed by atoms with Gasteiger partial charge in [-0.15, -0.1) is 0 Å². The Morgan fingerprint density at radius 3 is 2.68 bits per heavy atom. The Bertz CT molecular complexity index is 1350. The summed E-state index contributed by atoms with van der Waals surface area (Å²) in [5.41, 5.74) is 5.54. The Balaban J connectivity index is 1.95.